The Morgan fingerprint density at radius 1 is 1.45 bits per heavy atom. The van der Waals surface area contributed by atoms with Gasteiger partial charge in [0, 0.05) is 0 Å². The third-order valence-corrected chi connectivity index (χ3v) is 1.20. The van der Waals surface area contributed by atoms with Gasteiger partial charge in [0.1, 0.15) is 0 Å². The molecular formula is C6H13N3O2. The highest BCUT2D eigenvalue weighted by Crippen LogP contribution is 1.88. The topological polar surface area (TPSA) is 98.2 Å². The van der Waals surface area contributed by atoms with Gasteiger partial charge in [-0.25, -0.2) is 0 Å². The van der Waals surface area contributed by atoms with Crippen molar-refractivity contribution >= 4 is 11.8 Å². The molecule has 1 atom stereocenters. The molecule has 0 fully saturated rings. The van der Waals surface area contributed by atoms with Gasteiger partial charge in [0.25, 0.3) is 0 Å². The predicted molar refractivity (Wildman–Crippen MR) is 40.5 cm³/mol. The Balaban J connectivity index is 3.89. The lowest BCUT2D eigenvalue weighted by molar-refractivity contribution is -0.125. The number of hydrogen-bond acceptors (Lipinski definition) is 3. The van der Waals surface area contributed by atoms with Crippen LogP contribution in [0.25, 0.3) is 0 Å². The summed E-state index contributed by atoms with van der Waals surface area (Å²) in [7, 11) is 0. The van der Waals surface area contributed by atoms with Gasteiger partial charge in [-0.3, -0.25) is 9.59 Å². The first-order chi connectivity index (χ1) is 5.07. The number of nitrogens with one attached hydrogen (secondary N) is 1. The number of rotatable bonds is 5. The van der Waals surface area contributed by atoms with E-state index in [1.54, 1.807) is 0 Å². The molecule has 0 bridgehead atoms. The summed E-state index contributed by atoms with van der Waals surface area (Å²) in [6.07, 6.45) is -0.0385. The molecule has 0 saturated heterocycles. The smallest absolute Gasteiger partial charge is 0.235 e. The predicted octanol–water partition coefficient (Wildman–Crippen LogP) is -1.67. The lowest BCUT2D eigenvalue weighted by atomic mass is 10.2. The monoisotopic (exact) mass is 159 g/mol. The van der Waals surface area contributed by atoms with Crippen molar-refractivity contribution in [2.75, 3.05) is 6.54 Å². The van der Waals surface area contributed by atoms with Gasteiger partial charge in [-0.05, 0) is 6.54 Å². The van der Waals surface area contributed by atoms with Crippen molar-refractivity contribution in [3.05, 3.63) is 0 Å². The van der Waals surface area contributed by atoms with E-state index in [1.165, 1.54) is 0 Å². The van der Waals surface area contributed by atoms with Crippen molar-refractivity contribution in [3.8, 4) is 0 Å². The summed E-state index contributed by atoms with van der Waals surface area (Å²) in [5, 5.41) is 2.74. The maximum atomic E-state index is 10.6. The molecule has 5 N–H and O–H groups in total. The second-order valence-corrected chi connectivity index (χ2v) is 2.18. The molecule has 5 nitrogen and oxygen atoms in total. The lowest BCUT2D eigenvalue weighted by Gasteiger charge is -2.10. The maximum absolute atomic E-state index is 10.6. The molecule has 5 heteroatoms. The second-order valence-electron chi connectivity index (χ2n) is 2.18. The van der Waals surface area contributed by atoms with Crippen molar-refractivity contribution in [1.29, 1.82) is 0 Å². The van der Waals surface area contributed by atoms with E-state index >= 15 is 0 Å². The van der Waals surface area contributed by atoms with Gasteiger partial charge in [0.15, 0.2) is 0 Å². The number of amides is 2. The largest absolute Gasteiger partial charge is 0.370 e. The van der Waals surface area contributed by atoms with Crippen LogP contribution in [0.3, 0.4) is 0 Å². The van der Waals surface area contributed by atoms with Crippen LogP contribution in [0.1, 0.15) is 13.3 Å². The van der Waals surface area contributed by atoms with Crippen molar-refractivity contribution in [3.63, 3.8) is 0 Å². The summed E-state index contributed by atoms with van der Waals surface area (Å²) in [5.41, 5.74) is 9.84. The van der Waals surface area contributed by atoms with Crippen molar-refractivity contribution in [2.45, 2.75) is 19.4 Å². The molecule has 0 radical (unpaired) electrons. The minimum Gasteiger partial charge on any atom is -0.370 e. The highest BCUT2D eigenvalue weighted by molar-refractivity contribution is 5.86. The molecule has 0 aromatic carbocycles. The molecular weight excluding hydrogens is 146 g/mol. The molecule has 0 aliphatic carbocycles. The van der Waals surface area contributed by atoms with E-state index < -0.39 is 17.9 Å². The number of carbonyl (C=O) groups excluding carboxylic acids is 2. The highest BCUT2D eigenvalue weighted by atomic mass is 16.2. The van der Waals surface area contributed by atoms with Gasteiger partial charge in [-0.15, -0.1) is 0 Å². The Bertz CT molecular complexity index is 158. The summed E-state index contributed by atoms with van der Waals surface area (Å²) in [4.78, 5) is 20.9. The SMILES string of the molecule is CCNC(CC(N)=O)C(N)=O. The van der Waals surface area contributed by atoms with Crippen LogP contribution in [-0.2, 0) is 9.59 Å². The number of hydrogen-bond donors (Lipinski definition) is 3. The summed E-state index contributed by atoms with van der Waals surface area (Å²) in [5.74, 6) is -1.08. The fraction of sp³-hybridized carbons (Fsp3) is 0.667. The fourth-order valence-corrected chi connectivity index (χ4v) is 0.721. The fourth-order valence-electron chi connectivity index (χ4n) is 0.721. The Hall–Kier alpha value is -1.10. The van der Waals surface area contributed by atoms with Crippen LogP contribution in [0, 0.1) is 0 Å². The molecule has 0 heterocycles. The zero-order valence-electron chi connectivity index (χ0n) is 6.46. The van der Waals surface area contributed by atoms with Crippen LogP contribution in [0.15, 0.2) is 0 Å². The minimum atomic E-state index is -0.627. The van der Waals surface area contributed by atoms with Crippen LogP contribution in [0.2, 0.25) is 0 Å². The third kappa shape index (κ3) is 4.32. The highest BCUT2D eigenvalue weighted by Gasteiger charge is 2.15. The Morgan fingerprint density at radius 3 is 2.27 bits per heavy atom. The molecule has 0 aromatic heterocycles. The van der Waals surface area contributed by atoms with Crippen LogP contribution in [0.4, 0.5) is 0 Å². The van der Waals surface area contributed by atoms with Gasteiger partial charge >= 0.3 is 0 Å². The van der Waals surface area contributed by atoms with Crippen molar-refractivity contribution < 1.29 is 9.59 Å². The van der Waals surface area contributed by atoms with E-state index in [0.717, 1.165) is 0 Å². The molecule has 0 aromatic rings. The Morgan fingerprint density at radius 2 is 2.00 bits per heavy atom. The molecule has 0 rings (SSSR count). The van der Waals surface area contributed by atoms with Gasteiger partial charge in [0.2, 0.25) is 11.8 Å². The van der Waals surface area contributed by atoms with E-state index in [-0.39, 0.29) is 6.42 Å². The van der Waals surface area contributed by atoms with Crippen LogP contribution in [0.5, 0.6) is 0 Å². The summed E-state index contributed by atoms with van der Waals surface area (Å²) >= 11 is 0. The zero-order valence-corrected chi connectivity index (χ0v) is 6.46. The molecule has 0 aliphatic rings. The molecule has 2 amide bonds. The third-order valence-electron chi connectivity index (χ3n) is 1.20. The van der Waals surface area contributed by atoms with Crippen molar-refractivity contribution in [2.24, 2.45) is 11.5 Å². The van der Waals surface area contributed by atoms with Crippen LogP contribution in [-0.4, -0.2) is 24.4 Å². The first-order valence-electron chi connectivity index (χ1n) is 3.39. The molecule has 1 unspecified atom stereocenters. The Kier molecular flexibility index (Phi) is 4.21. The molecule has 0 spiro atoms. The lowest BCUT2D eigenvalue weighted by Crippen LogP contribution is -2.43. The van der Waals surface area contributed by atoms with Crippen LogP contribution < -0.4 is 16.8 Å². The van der Waals surface area contributed by atoms with Gasteiger partial charge < -0.3 is 16.8 Å². The minimum absolute atomic E-state index is 0.0385. The number of nitrogens with two attached hydrogens (primary N) is 2. The number of primary amides is 2. The van der Waals surface area contributed by atoms with Gasteiger partial charge in [-0.1, -0.05) is 6.92 Å². The molecule has 0 saturated carbocycles. The first kappa shape index (κ1) is 9.90. The summed E-state index contributed by atoms with van der Waals surface area (Å²) in [6.45, 7) is 2.40. The van der Waals surface area contributed by atoms with E-state index in [1.807, 2.05) is 6.92 Å². The van der Waals surface area contributed by atoms with Gasteiger partial charge in [0.05, 0.1) is 12.5 Å². The number of likely N-dealkylation sites (N-methyl/N-ethyl adjacent to an activating group) is 1. The molecule has 0 aliphatic heterocycles. The zero-order chi connectivity index (χ0) is 8.85. The van der Waals surface area contributed by atoms with Gasteiger partial charge in [-0.2, -0.15) is 0 Å². The average Bonchev–Trinajstić information content (AvgIpc) is 1.86. The Labute approximate surface area is 65.1 Å². The second kappa shape index (κ2) is 4.68. The molecule has 64 valence electrons. The number of carbonyl (C=O) groups is 2. The summed E-state index contributed by atoms with van der Waals surface area (Å²) < 4.78 is 0. The maximum Gasteiger partial charge on any atom is 0.235 e. The molecule has 11 heavy (non-hydrogen) atoms. The first-order valence-corrected chi connectivity index (χ1v) is 3.39. The summed E-state index contributed by atoms with van der Waals surface area (Å²) in [6, 6.07) is -0.627. The average molecular weight is 159 g/mol. The van der Waals surface area contributed by atoms with Crippen molar-refractivity contribution in [1.82, 2.24) is 5.32 Å². The normalized spacial score (nSPS) is 12.5. The quantitative estimate of drug-likeness (QED) is 0.447. The van der Waals surface area contributed by atoms with E-state index in [4.69, 9.17) is 11.5 Å². The van der Waals surface area contributed by atoms with E-state index in [9.17, 15) is 9.59 Å². The van der Waals surface area contributed by atoms with E-state index in [2.05, 4.69) is 5.32 Å². The van der Waals surface area contributed by atoms with E-state index in [0.29, 0.717) is 6.54 Å². The van der Waals surface area contributed by atoms with Crippen LogP contribution >= 0.6 is 0 Å². The standard InChI is InChI=1S/C6H13N3O2/c1-2-9-4(6(8)11)3-5(7)10/h4,9H,2-3H2,1H3,(H2,7,10)(H2,8,11).